The van der Waals surface area contributed by atoms with Gasteiger partial charge in [0.1, 0.15) is 12.1 Å². The molecule has 1 aliphatic rings. The number of hydrogen-bond acceptors (Lipinski definition) is 4. The maximum absolute atomic E-state index is 5.08. The molecular weight excluding hydrogens is 258 g/mol. The van der Waals surface area contributed by atoms with Crippen molar-refractivity contribution in [2.45, 2.75) is 6.42 Å². The second-order valence-electron chi connectivity index (χ2n) is 3.67. The van der Waals surface area contributed by atoms with Crippen LogP contribution in [0.1, 0.15) is 6.42 Å². The van der Waals surface area contributed by atoms with Gasteiger partial charge >= 0.3 is 0 Å². The first-order chi connectivity index (χ1) is 7.33. The quantitative estimate of drug-likeness (QED) is 0.785. The number of ether oxygens (including phenoxy) is 1. The summed E-state index contributed by atoms with van der Waals surface area (Å²) in [7, 11) is 1.62. The lowest BCUT2D eigenvalue weighted by Crippen LogP contribution is -2.21. The SMILES string of the molecule is COc1cc(N2CCC(CBr)C2)ncn1. The fourth-order valence-electron chi connectivity index (χ4n) is 1.78. The Labute approximate surface area is 97.8 Å². The van der Waals surface area contributed by atoms with Crippen LogP contribution in [0.5, 0.6) is 5.88 Å². The topological polar surface area (TPSA) is 38.2 Å². The fourth-order valence-corrected chi connectivity index (χ4v) is 2.31. The monoisotopic (exact) mass is 271 g/mol. The van der Waals surface area contributed by atoms with Crippen LogP contribution in [-0.4, -0.2) is 35.5 Å². The first kappa shape index (κ1) is 10.7. The Morgan fingerprint density at radius 1 is 1.60 bits per heavy atom. The summed E-state index contributed by atoms with van der Waals surface area (Å²) in [5.41, 5.74) is 0. The lowest BCUT2D eigenvalue weighted by molar-refractivity contribution is 0.397. The van der Waals surface area contributed by atoms with Crippen molar-refractivity contribution in [3.63, 3.8) is 0 Å². The lowest BCUT2D eigenvalue weighted by atomic mass is 10.2. The van der Waals surface area contributed by atoms with Gasteiger partial charge in [-0.3, -0.25) is 0 Å². The predicted octanol–water partition coefficient (Wildman–Crippen LogP) is 1.71. The third-order valence-electron chi connectivity index (χ3n) is 2.66. The molecule has 1 atom stereocenters. The largest absolute Gasteiger partial charge is 0.481 e. The first-order valence-electron chi connectivity index (χ1n) is 5.00. The van der Waals surface area contributed by atoms with Crippen LogP contribution < -0.4 is 9.64 Å². The van der Waals surface area contributed by atoms with Gasteiger partial charge in [-0.25, -0.2) is 9.97 Å². The van der Waals surface area contributed by atoms with Gasteiger partial charge in [0.15, 0.2) is 0 Å². The van der Waals surface area contributed by atoms with Crippen molar-refractivity contribution in [3.05, 3.63) is 12.4 Å². The summed E-state index contributed by atoms with van der Waals surface area (Å²) in [6.45, 7) is 2.13. The van der Waals surface area contributed by atoms with Gasteiger partial charge in [-0.2, -0.15) is 0 Å². The average molecular weight is 272 g/mol. The van der Waals surface area contributed by atoms with Crippen molar-refractivity contribution >= 4 is 21.7 Å². The number of halogens is 1. The van der Waals surface area contributed by atoms with E-state index in [0.29, 0.717) is 5.88 Å². The molecule has 5 heteroatoms. The fraction of sp³-hybridized carbons (Fsp3) is 0.600. The summed E-state index contributed by atoms with van der Waals surface area (Å²) in [6, 6.07) is 1.89. The van der Waals surface area contributed by atoms with Crippen molar-refractivity contribution in [3.8, 4) is 5.88 Å². The number of rotatable bonds is 3. The summed E-state index contributed by atoms with van der Waals surface area (Å²) >= 11 is 3.52. The number of anilines is 1. The van der Waals surface area contributed by atoms with Crippen LogP contribution >= 0.6 is 15.9 Å². The van der Waals surface area contributed by atoms with Gasteiger partial charge < -0.3 is 9.64 Å². The zero-order valence-corrected chi connectivity index (χ0v) is 10.3. The van der Waals surface area contributed by atoms with Crippen LogP contribution in [0, 0.1) is 5.92 Å². The summed E-state index contributed by atoms with van der Waals surface area (Å²) in [5.74, 6) is 2.32. The molecule has 0 amide bonds. The van der Waals surface area contributed by atoms with Crippen LogP contribution in [0.2, 0.25) is 0 Å². The second kappa shape index (κ2) is 4.79. The number of methoxy groups -OCH3 is 1. The molecule has 1 aromatic heterocycles. The van der Waals surface area contributed by atoms with Crippen LogP contribution in [0.15, 0.2) is 12.4 Å². The zero-order valence-electron chi connectivity index (χ0n) is 8.69. The van der Waals surface area contributed by atoms with Crippen LogP contribution in [-0.2, 0) is 0 Å². The minimum Gasteiger partial charge on any atom is -0.481 e. The van der Waals surface area contributed by atoms with E-state index in [1.165, 1.54) is 6.42 Å². The van der Waals surface area contributed by atoms with E-state index >= 15 is 0 Å². The summed E-state index contributed by atoms with van der Waals surface area (Å²) in [6.07, 6.45) is 2.77. The molecular formula is C10H14BrN3O. The highest BCUT2D eigenvalue weighted by atomic mass is 79.9. The maximum Gasteiger partial charge on any atom is 0.218 e. The number of aromatic nitrogens is 2. The average Bonchev–Trinajstić information content (AvgIpc) is 2.78. The molecule has 1 unspecified atom stereocenters. The lowest BCUT2D eigenvalue weighted by Gasteiger charge is -2.16. The van der Waals surface area contributed by atoms with Gasteiger partial charge in [-0.1, -0.05) is 15.9 Å². The molecule has 0 spiro atoms. The molecule has 4 nitrogen and oxygen atoms in total. The van der Waals surface area contributed by atoms with E-state index in [9.17, 15) is 0 Å². The number of alkyl halides is 1. The Kier molecular flexibility index (Phi) is 3.41. The zero-order chi connectivity index (χ0) is 10.7. The van der Waals surface area contributed by atoms with Gasteiger partial charge in [0.25, 0.3) is 0 Å². The van der Waals surface area contributed by atoms with Crippen molar-refractivity contribution in [1.82, 2.24) is 9.97 Å². The molecule has 1 fully saturated rings. The Morgan fingerprint density at radius 3 is 3.13 bits per heavy atom. The van der Waals surface area contributed by atoms with Crippen LogP contribution in [0.3, 0.4) is 0 Å². The van der Waals surface area contributed by atoms with Crippen molar-refractivity contribution < 1.29 is 4.74 Å². The molecule has 82 valence electrons. The predicted molar refractivity (Wildman–Crippen MR) is 62.7 cm³/mol. The smallest absolute Gasteiger partial charge is 0.218 e. The first-order valence-corrected chi connectivity index (χ1v) is 6.12. The Morgan fingerprint density at radius 2 is 2.47 bits per heavy atom. The van der Waals surface area contributed by atoms with Gasteiger partial charge in [-0.15, -0.1) is 0 Å². The molecule has 0 radical (unpaired) electrons. The molecule has 0 N–H and O–H groups in total. The highest BCUT2D eigenvalue weighted by Gasteiger charge is 2.22. The molecule has 0 aromatic carbocycles. The normalized spacial score (nSPS) is 20.7. The standard InChI is InChI=1S/C10H14BrN3O/c1-15-10-4-9(12-7-13-10)14-3-2-8(5-11)6-14/h4,7-8H,2-3,5-6H2,1H3. The summed E-state index contributed by atoms with van der Waals surface area (Å²) in [4.78, 5) is 10.5. The molecule has 1 aromatic rings. The summed E-state index contributed by atoms with van der Waals surface area (Å²) < 4.78 is 5.08. The number of hydrogen-bond donors (Lipinski definition) is 0. The van der Waals surface area contributed by atoms with Crippen molar-refractivity contribution in [2.24, 2.45) is 5.92 Å². The molecule has 0 aliphatic carbocycles. The highest BCUT2D eigenvalue weighted by molar-refractivity contribution is 9.09. The molecule has 15 heavy (non-hydrogen) atoms. The molecule has 0 bridgehead atoms. The van der Waals surface area contributed by atoms with Crippen LogP contribution in [0.4, 0.5) is 5.82 Å². The maximum atomic E-state index is 5.08. The van der Waals surface area contributed by atoms with Gasteiger partial charge in [-0.05, 0) is 12.3 Å². The highest BCUT2D eigenvalue weighted by Crippen LogP contribution is 2.24. The van der Waals surface area contributed by atoms with Gasteiger partial charge in [0.2, 0.25) is 5.88 Å². The third kappa shape index (κ3) is 2.40. The van der Waals surface area contributed by atoms with E-state index < -0.39 is 0 Å². The van der Waals surface area contributed by atoms with E-state index in [-0.39, 0.29) is 0 Å². The molecule has 2 heterocycles. The molecule has 2 rings (SSSR count). The Hall–Kier alpha value is -0.840. The van der Waals surface area contributed by atoms with E-state index in [1.54, 1.807) is 13.4 Å². The Bertz CT molecular complexity index is 334. The Balaban J connectivity index is 2.09. The van der Waals surface area contributed by atoms with Crippen molar-refractivity contribution in [2.75, 3.05) is 30.4 Å². The second-order valence-corrected chi connectivity index (χ2v) is 4.32. The number of nitrogens with zero attached hydrogens (tertiary/aromatic N) is 3. The van der Waals surface area contributed by atoms with E-state index in [0.717, 1.165) is 30.2 Å². The van der Waals surface area contributed by atoms with Crippen LogP contribution in [0.25, 0.3) is 0 Å². The van der Waals surface area contributed by atoms with E-state index in [4.69, 9.17) is 4.74 Å². The van der Waals surface area contributed by atoms with Crippen molar-refractivity contribution in [1.29, 1.82) is 0 Å². The van der Waals surface area contributed by atoms with E-state index in [1.807, 2.05) is 6.07 Å². The molecule has 0 saturated carbocycles. The minimum absolute atomic E-state index is 0.627. The summed E-state index contributed by atoms with van der Waals surface area (Å²) in [5, 5.41) is 1.06. The third-order valence-corrected chi connectivity index (χ3v) is 3.58. The van der Waals surface area contributed by atoms with E-state index in [2.05, 4.69) is 30.8 Å². The molecule has 1 saturated heterocycles. The van der Waals surface area contributed by atoms with Gasteiger partial charge in [0.05, 0.1) is 7.11 Å². The molecule has 1 aliphatic heterocycles. The van der Waals surface area contributed by atoms with Gasteiger partial charge in [0, 0.05) is 24.5 Å². The minimum atomic E-state index is 0.627.